The number of ether oxygens (including phenoxy) is 1. The Labute approximate surface area is 222 Å². The summed E-state index contributed by atoms with van der Waals surface area (Å²) in [6.07, 6.45) is 3.40. The number of aromatic nitrogens is 2. The zero-order valence-corrected chi connectivity index (χ0v) is 21.5. The number of benzene rings is 3. The minimum absolute atomic E-state index is 0.0144. The minimum Gasteiger partial charge on any atom is -0.496 e. The molecule has 7 nitrogen and oxygen atoms in total. The lowest BCUT2D eigenvalue weighted by atomic mass is 9.68. The fraction of sp³-hybridized carbons (Fsp3) is 0.290. The van der Waals surface area contributed by atoms with Crippen molar-refractivity contribution in [3.8, 4) is 11.6 Å². The molecule has 1 saturated carbocycles. The maximum absolute atomic E-state index is 13.1. The van der Waals surface area contributed by atoms with E-state index in [1.165, 1.54) is 4.57 Å². The van der Waals surface area contributed by atoms with Crippen LogP contribution in [-0.4, -0.2) is 34.2 Å². The van der Waals surface area contributed by atoms with Crippen LogP contribution >= 0.6 is 0 Å². The molecular weight excluding hydrogens is 478 g/mol. The van der Waals surface area contributed by atoms with Crippen LogP contribution < -0.4 is 15.7 Å². The van der Waals surface area contributed by atoms with Crippen molar-refractivity contribution in [3.63, 3.8) is 0 Å². The number of amides is 1. The Morgan fingerprint density at radius 2 is 1.63 bits per heavy atom. The standard InChI is InChI=1S/C31H33N3O4/c1-38-27-15-9-8-14-25(27)28(35)32-21-31(23-12-6-3-7-13-23)18-16-24(17-19-31)34-29(36)26(33-30(34)37)20-22-10-4-2-5-11-22/h2-15,24,36H,16-21H2,1H3,(H,32,35)(H,33,37). The molecule has 1 aliphatic carbocycles. The fourth-order valence-electron chi connectivity index (χ4n) is 5.70. The second-order valence-electron chi connectivity index (χ2n) is 10.0. The van der Waals surface area contributed by atoms with Crippen LogP contribution in [0.15, 0.2) is 89.7 Å². The number of carbonyl (C=O) groups excluding carboxylic acids is 1. The number of para-hydroxylation sites is 1. The lowest BCUT2D eigenvalue weighted by Gasteiger charge is -2.41. The van der Waals surface area contributed by atoms with E-state index in [-0.39, 0.29) is 28.9 Å². The van der Waals surface area contributed by atoms with Crippen molar-refractivity contribution in [1.29, 1.82) is 0 Å². The number of methoxy groups -OCH3 is 1. The first-order valence-corrected chi connectivity index (χ1v) is 13.0. The minimum atomic E-state index is -0.282. The quantitative estimate of drug-likeness (QED) is 0.311. The summed E-state index contributed by atoms with van der Waals surface area (Å²) in [4.78, 5) is 28.9. The largest absolute Gasteiger partial charge is 0.496 e. The van der Waals surface area contributed by atoms with Gasteiger partial charge in [0, 0.05) is 24.4 Å². The third kappa shape index (κ3) is 5.09. The molecule has 0 atom stereocenters. The summed E-state index contributed by atoms with van der Waals surface area (Å²) in [7, 11) is 1.56. The highest BCUT2D eigenvalue weighted by Crippen LogP contribution is 2.43. The van der Waals surface area contributed by atoms with Crippen LogP contribution in [0.3, 0.4) is 0 Å². The molecule has 0 spiro atoms. The van der Waals surface area contributed by atoms with Gasteiger partial charge >= 0.3 is 5.69 Å². The fourth-order valence-corrected chi connectivity index (χ4v) is 5.70. The second-order valence-corrected chi connectivity index (χ2v) is 10.0. The zero-order valence-electron chi connectivity index (χ0n) is 21.5. The Kier molecular flexibility index (Phi) is 7.36. The summed E-state index contributed by atoms with van der Waals surface area (Å²) >= 11 is 0. The molecule has 1 fully saturated rings. The summed E-state index contributed by atoms with van der Waals surface area (Å²) < 4.78 is 6.89. The summed E-state index contributed by atoms with van der Waals surface area (Å²) in [6, 6.07) is 27.1. The van der Waals surface area contributed by atoms with Gasteiger partial charge in [0.05, 0.1) is 18.4 Å². The normalized spacial score (nSPS) is 19.1. The molecule has 38 heavy (non-hydrogen) atoms. The maximum atomic E-state index is 13.1. The summed E-state index contributed by atoms with van der Waals surface area (Å²) in [5.74, 6) is 0.376. The number of aromatic amines is 1. The highest BCUT2D eigenvalue weighted by atomic mass is 16.5. The third-order valence-corrected chi connectivity index (χ3v) is 7.80. The Bertz CT molecular complexity index is 1430. The van der Waals surface area contributed by atoms with Crippen LogP contribution in [-0.2, 0) is 11.8 Å². The highest BCUT2D eigenvalue weighted by Gasteiger charge is 2.39. The third-order valence-electron chi connectivity index (χ3n) is 7.80. The van der Waals surface area contributed by atoms with Crippen LogP contribution in [0.2, 0.25) is 0 Å². The molecule has 3 N–H and O–H groups in total. The number of rotatable bonds is 8. The van der Waals surface area contributed by atoms with Gasteiger partial charge in [0.25, 0.3) is 5.91 Å². The summed E-state index contributed by atoms with van der Waals surface area (Å²) in [6.45, 7) is 0.466. The summed E-state index contributed by atoms with van der Waals surface area (Å²) in [5.41, 5.74) is 2.66. The van der Waals surface area contributed by atoms with Crippen LogP contribution in [0.5, 0.6) is 11.6 Å². The number of aromatic hydroxyl groups is 1. The van der Waals surface area contributed by atoms with E-state index in [1.54, 1.807) is 19.2 Å². The predicted octanol–water partition coefficient (Wildman–Crippen LogP) is 4.96. The molecule has 3 aromatic carbocycles. The average Bonchev–Trinajstić information content (AvgIpc) is 3.25. The topological polar surface area (TPSA) is 96.3 Å². The molecule has 0 aliphatic heterocycles. The molecule has 196 valence electrons. The first kappa shape index (κ1) is 25.4. The molecule has 5 rings (SSSR count). The Hall–Kier alpha value is -4.26. The Morgan fingerprint density at radius 3 is 2.32 bits per heavy atom. The number of nitrogens with zero attached hydrogens (tertiary/aromatic N) is 1. The molecule has 0 bridgehead atoms. The van der Waals surface area contributed by atoms with E-state index < -0.39 is 0 Å². The van der Waals surface area contributed by atoms with Gasteiger partial charge in [0.2, 0.25) is 5.88 Å². The van der Waals surface area contributed by atoms with Gasteiger partial charge in [-0.3, -0.25) is 9.36 Å². The van der Waals surface area contributed by atoms with Gasteiger partial charge in [-0.25, -0.2) is 4.79 Å². The van der Waals surface area contributed by atoms with Gasteiger partial charge < -0.3 is 20.1 Å². The molecule has 1 heterocycles. The second kappa shape index (κ2) is 11.0. The van der Waals surface area contributed by atoms with Crippen molar-refractivity contribution in [2.75, 3.05) is 13.7 Å². The van der Waals surface area contributed by atoms with Gasteiger partial charge in [0.15, 0.2) is 0 Å². The highest BCUT2D eigenvalue weighted by molar-refractivity contribution is 5.97. The Balaban J connectivity index is 1.35. The van der Waals surface area contributed by atoms with Crippen LogP contribution in [0, 0.1) is 0 Å². The van der Waals surface area contributed by atoms with Gasteiger partial charge in [-0.05, 0) is 48.9 Å². The lowest BCUT2D eigenvalue weighted by molar-refractivity contribution is 0.0929. The van der Waals surface area contributed by atoms with Gasteiger partial charge in [0.1, 0.15) is 5.75 Å². The van der Waals surface area contributed by atoms with E-state index in [4.69, 9.17) is 4.74 Å². The lowest BCUT2D eigenvalue weighted by Crippen LogP contribution is -2.44. The number of nitrogens with one attached hydrogen (secondary N) is 2. The van der Waals surface area contributed by atoms with E-state index in [0.29, 0.717) is 42.8 Å². The molecule has 4 aromatic rings. The molecule has 1 amide bonds. The van der Waals surface area contributed by atoms with E-state index in [1.807, 2.05) is 60.7 Å². The van der Waals surface area contributed by atoms with E-state index >= 15 is 0 Å². The first-order valence-electron chi connectivity index (χ1n) is 13.0. The SMILES string of the molecule is COc1ccccc1C(=O)NCC1(c2ccccc2)CCC(n2c(O)c(Cc3ccccc3)[nH]c2=O)CC1. The molecular formula is C31H33N3O4. The smallest absolute Gasteiger partial charge is 0.328 e. The number of imidazole rings is 1. The molecule has 0 saturated heterocycles. The molecule has 1 aromatic heterocycles. The van der Waals surface area contributed by atoms with Crippen molar-refractivity contribution in [3.05, 3.63) is 118 Å². The van der Waals surface area contributed by atoms with Crippen molar-refractivity contribution in [2.45, 2.75) is 43.6 Å². The van der Waals surface area contributed by atoms with Crippen molar-refractivity contribution >= 4 is 5.91 Å². The van der Waals surface area contributed by atoms with Gasteiger partial charge in [-0.15, -0.1) is 0 Å². The number of hydrogen-bond acceptors (Lipinski definition) is 4. The van der Waals surface area contributed by atoms with E-state index in [0.717, 1.165) is 24.0 Å². The van der Waals surface area contributed by atoms with Crippen molar-refractivity contribution in [2.24, 2.45) is 0 Å². The molecule has 0 radical (unpaired) electrons. The monoisotopic (exact) mass is 511 g/mol. The van der Waals surface area contributed by atoms with E-state index in [2.05, 4.69) is 22.4 Å². The van der Waals surface area contributed by atoms with Crippen LogP contribution in [0.4, 0.5) is 0 Å². The van der Waals surface area contributed by atoms with Crippen LogP contribution in [0.25, 0.3) is 0 Å². The van der Waals surface area contributed by atoms with Crippen LogP contribution in [0.1, 0.15) is 58.9 Å². The van der Waals surface area contributed by atoms with E-state index in [9.17, 15) is 14.7 Å². The summed E-state index contributed by atoms with van der Waals surface area (Å²) in [5, 5.41) is 14.1. The van der Waals surface area contributed by atoms with Gasteiger partial charge in [-0.2, -0.15) is 0 Å². The molecule has 0 unspecified atom stereocenters. The number of carbonyl (C=O) groups is 1. The number of H-pyrrole nitrogens is 1. The molecule has 1 aliphatic rings. The molecule has 7 heteroatoms. The maximum Gasteiger partial charge on any atom is 0.328 e. The average molecular weight is 512 g/mol. The Morgan fingerprint density at radius 1 is 1.00 bits per heavy atom. The van der Waals surface area contributed by atoms with Crippen molar-refractivity contribution in [1.82, 2.24) is 14.9 Å². The van der Waals surface area contributed by atoms with Gasteiger partial charge in [-0.1, -0.05) is 72.8 Å². The zero-order chi connectivity index (χ0) is 26.5. The first-order chi connectivity index (χ1) is 18.5. The number of hydrogen-bond donors (Lipinski definition) is 3. The predicted molar refractivity (Wildman–Crippen MR) is 147 cm³/mol. The van der Waals surface area contributed by atoms with Crippen molar-refractivity contribution < 1.29 is 14.6 Å².